The summed E-state index contributed by atoms with van der Waals surface area (Å²) >= 11 is 0. The number of hydrogen-bond acceptors (Lipinski definition) is 4. The summed E-state index contributed by atoms with van der Waals surface area (Å²) in [5.74, 6) is -0.662. The Bertz CT molecular complexity index is 1040. The lowest BCUT2D eigenvalue weighted by Gasteiger charge is -2.26. The minimum atomic E-state index is -4.71. The maximum Gasteiger partial charge on any atom is 0.416 e. The predicted molar refractivity (Wildman–Crippen MR) is 114 cm³/mol. The molecule has 172 valence electrons. The van der Waals surface area contributed by atoms with Crippen molar-refractivity contribution in [2.75, 3.05) is 0 Å². The summed E-state index contributed by atoms with van der Waals surface area (Å²) in [7, 11) is 0. The first-order valence-corrected chi connectivity index (χ1v) is 10.4. The largest absolute Gasteiger partial charge is 0.416 e. The van der Waals surface area contributed by atoms with Crippen molar-refractivity contribution in [1.82, 2.24) is 9.99 Å². The summed E-state index contributed by atoms with van der Waals surface area (Å²) in [6.07, 6.45) is 2.28. The molecule has 0 spiro atoms. The van der Waals surface area contributed by atoms with Gasteiger partial charge in [0, 0.05) is 34.6 Å². The van der Waals surface area contributed by atoms with Crippen molar-refractivity contribution in [3.05, 3.63) is 62.5 Å². The van der Waals surface area contributed by atoms with Gasteiger partial charge in [0.1, 0.15) is 0 Å². The van der Waals surface area contributed by atoms with Crippen molar-refractivity contribution in [2.45, 2.75) is 64.6 Å². The molecule has 0 unspecified atom stereocenters. The van der Waals surface area contributed by atoms with Crippen molar-refractivity contribution in [3.63, 3.8) is 0 Å². The van der Waals surface area contributed by atoms with Crippen molar-refractivity contribution in [1.29, 1.82) is 0 Å². The minimum absolute atomic E-state index is 0.119. The maximum absolute atomic E-state index is 12.8. The molecule has 0 radical (unpaired) electrons. The van der Waals surface area contributed by atoms with Crippen LogP contribution in [0.3, 0.4) is 0 Å². The Balaban J connectivity index is 1.68. The van der Waals surface area contributed by atoms with Crippen LogP contribution in [0.2, 0.25) is 0 Å². The number of benzene rings is 1. The summed E-state index contributed by atoms with van der Waals surface area (Å²) in [5.41, 5.74) is 3.31. The number of aromatic nitrogens is 1. The van der Waals surface area contributed by atoms with Gasteiger partial charge in [0.15, 0.2) is 0 Å². The molecule has 3 rings (SSSR count). The number of hydrogen-bond donors (Lipinski definition) is 1. The molecule has 1 N–H and O–H groups in total. The molecule has 1 aliphatic rings. The monoisotopic (exact) mass is 450 g/mol. The molecule has 1 amide bonds. The number of aryl methyl sites for hydroxylation is 1. The van der Waals surface area contributed by atoms with Gasteiger partial charge in [0.2, 0.25) is 5.91 Å². The Kier molecular flexibility index (Phi) is 7.00. The second kappa shape index (κ2) is 9.54. The highest BCUT2D eigenvalue weighted by Crippen LogP contribution is 2.33. The molecule has 1 heterocycles. The molecule has 1 fully saturated rings. The Morgan fingerprint density at radius 3 is 2.56 bits per heavy atom. The van der Waals surface area contributed by atoms with Gasteiger partial charge in [-0.2, -0.15) is 18.3 Å². The molecule has 1 saturated carbocycles. The lowest BCUT2D eigenvalue weighted by Crippen LogP contribution is -2.20. The van der Waals surface area contributed by atoms with E-state index in [4.69, 9.17) is 0 Å². The molecular formula is C22H25F3N4O3. The molecule has 2 aromatic rings. The summed E-state index contributed by atoms with van der Waals surface area (Å²) in [5, 5.41) is 15.1. The van der Waals surface area contributed by atoms with Crippen LogP contribution in [0.1, 0.15) is 66.2 Å². The Morgan fingerprint density at radius 2 is 1.94 bits per heavy atom. The van der Waals surface area contributed by atoms with Crippen molar-refractivity contribution in [2.24, 2.45) is 5.10 Å². The van der Waals surface area contributed by atoms with Crippen LogP contribution in [-0.4, -0.2) is 21.6 Å². The second-order valence-corrected chi connectivity index (χ2v) is 8.06. The first-order valence-electron chi connectivity index (χ1n) is 10.4. The smallest absolute Gasteiger partial charge is 0.345 e. The third kappa shape index (κ3) is 5.35. The zero-order valence-electron chi connectivity index (χ0n) is 17.9. The molecule has 0 saturated heterocycles. The lowest BCUT2D eigenvalue weighted by molar-refractivity contribution is -0.385. The van der Waals surface area contributed by atoms with E-state index < -0.39 is 34.7 Å². The van der Waals surface area contributed by atoms with E-state index in [0.29, 0.717) is 12.1 Å². The summed E-state index contributed by atoms with van der Waals surface area (Å²) in [4.78, 5) is 22.4. The number of nitrogens with one attached hydrogen (secondary N) is 1. The van der Waals surface area contributed by atoms with Gasteiger partial charge in [-0.1, -0.05) is 25.3 Å². The van der Waals surface area contributed by atoms with Gasteiger partial charge in [0.05, 0.1) is 23.1 Å². The van der Waals surface area contributed by atoms with Crippen molar-refractivity contribution >= 4 is 17.8 Å². The summed E-state index contributed by atoms with van der Waals surface area (Å²) in [6.45, 7) is 4.03. The minimum Gasteiger partial charge on any atom is -0.345 e. The van der Waals surface area contributed by atoms with Crippen LogP contribution < -0.4 is 5.43 Å². The number of nitrogens with zero attached hydrogens (tertiary/aromatic N) is 3. The van der Waals surface area contributed by atoms with Crippen LogP contribution in [0.15, 0.2) is 29.4 Å². The fraction of sp³-hybridized carbons (Fsp3) is 0.455. The quantitative estimate of drug-likeness (QED) is 0.371. The predicted octanol–water partition coefficient (Wildman–Crippen LogP) is 5.23. The zero-order valence-corrected chi connectivity index (χ0v) is 17.9. The van der Waals surface area contributed by atoms with Crippen molar-refractivity contribution in [3.8, 4) is 0 Å². The summed E-state index contributed by atoms with van der Waals surface area (Å²) in [6, 6.07) is 4.55. The van der Waals surface area contributed by atoms with Gasteiger partial charge < -0.3 is 4.57 Å². The van der Waals surface area contributed by atoms with E-state index in [1.165, 1.54) is 25.5 Å². The van der Waals surface area contributed by atoms with E-state index in [2.05, 4.69) is 15.1 Å². The molecule has 0 atom stereocenters. The van der Waals surface area contributed by atoms with Gasteiger partial charge >= 0.3 is 6.18 Å². The maximum atomic E-state index is 12.8. The lowest BCUT2D eigenvalue weighted by atomic mass is 9.95. The first kappa shape index (κ1) is 23.5. The molecule has 0 bridgehead atoms. The first-order chi connectivity index (χ1) is 15.1. The number of amides is 1. The number of nitro benzene ring substituents is 1. The molecule has 32 heavy (non-hydrogen) atoms. The normalized spacial score (nSPS) is 15.3. The highest BCUT2D eigenvalue weighted by atomic mass is 19.4. The van der Waals surface area contributed by atoms with Crippen molar-refractivity contribution < 1.29 is 22.9 Å². The fourth-order valence-electron chi connectivity index (χ4n) is 4.28. The topological polar surface area (TPSA) is 89.5 Å². The highest BCUT2D eigenvalue weighted by molar-refractivity contribution is 5.85. The standard InChI is InChI=1S/C22H25F3N4O3/c1-14-10-17(15(2)28(14)19-6-4-3-5-7-19)13-26-27-21(30)11-16-8-9-18(22(23,24)25)12-20(16)29(31)32/h8-10,12-13,19H,3-7,11H2,1-2H3,(H,27,30)/b26-13+. The summed E-state index contributed by atoms with van der Waals surface area (Å²) < 4.78 is 40.7. The van der Waals surface area contributed by atoms with Gasteiger partial charge in [-0.25, -0.2) is 5.43 Å². The van der Waals surface area contributed by atoms with E-state index >= 15 is 0 Å². The average Bonchev–Trinajstić information content (AvgIpc) is 3.01. The van der Waals surface area contributed by atoms with Gasteiger partial charge in [-0.15, -0.1) is 0 Å². The Morgan fingerprint density at radius 1 is 1.25 bits per heavy atom. The van der Waals surface area contributed by atoms with Crippen LogP contribution in [0, 0.1) is 24.0 Å². The van der Waals surface area contributed by atoms with Gasteiger partial charge in [-0.3, -0.25) is 14.9 Å². The Labute approximate surface area is 183 Å². The third-order valence-electron chi connectivity index (χ3n) is 5.82. The number of carbonyl (C=O) groups is 1. The highest BCUT2D eigenvalue weighted by Gasteiger charge is 2.33. The average molecular weight is 450 g/mol. The Hall–Kier alpha value is -3.17. The number of rotatable bonds is 6. The van der Waals surface area contributed by atoms with Crippen LogP contribution in [0.25, 0.3) is 0 Å². The molecule has 1 aromatic carbocycles. The molecule has 10 heteroatoms. The van der Waals surface area contributed by atoms with Gasteiger partial charge in [-0.05, 0) is 38.8 Å². The van der Waals surface area contributed by atoms with E-state index in [9.17, 15) is 28.1 Å². The van der Waals surface area contributed by atoms with Crippen LogP contribution in [-0.2, 0) is 17.4 Å². The van der Waals surface area contributed by atoms with E-state index in [1.54, 1.807) is 0 Å². The van der Waals surface area contributed by atoms with E-state index in [0.717, 1.165) is 41.9 Å². The zero-order chi connectivity index (χ0) is 23.5. The second-order valence-electron chi connectivity index (χ2n) is 8.06. The fourth-order valence-corrected chi connectivity index (χ4v) is 4.28. The number of carbonyl (C=O) groups excluding carboxylic acids is 1. The van der Waals surface area contributed by atoms with Crippen LogP contribution in [0.5, 0.6) is 0 Å². The third-order valence-corrected chi connectivity index (χ3v) is 5.82. The number of hydrazone groups is 1. The van der Waals surface area contributed by atoms with Crippen LogP contribution in [0.4, 0.5) is 18.9 Å². The molecule has 0 aliphatic heterocycles. The molecule has 1 aromatic heterocycles. The number of alkyl halides is 3. The van der Waals surface area contributed by atoms with Crippen LogP contribution >= 0.6 is 0 Å². The number of nitro groups is 1. The SMILES string of the molecule is Cc1cc(/C=N/NC(=O)Cc2ccc(C(F)(F)F)cc2[N+](=O)[O-])c(C)n1C1CCCCC1. The van der Waals surface area contributed by atoms with E-state index in [-0.39, 0.29) is 5.56 Å². The van der Waals surface area contributed by atoms with E-state index in [1.807, 2.05) is 19.9 Å². The number of halogens is 3. The van der Waals surface area contributed by atoms with Gasteiger partial charge in [0.25, 0.3) is 5.69 Å². The molecule has 1 aliphatic carbocycles. The molecular weight excluding hydrogens is 425 g/mol. The molecule has 7 nitrogen and oxygen atoms in total.